The van der Waals surface area contributed by atoms with Gasteiger partial charge < -0.3 is 25.0 Å². The van der Waals surface area contributed by atoms with E-state index in [1.165, 1.54) is 32.1 Å². The van der Waals surface area contributed by atoms with Crippen molar-refractivity contribution in [2.45, 2.75) is 51.0 Å². The molecule has 0 aromatic heterocycles. The number of rotatable bonds is 11. The van der Waals surface area contributed by atoms with Crippen molar-refractivity contribution in [3.05, 3.63) is 0 Å². The summed E-state index contributed by atoms with van der Waals surface area (Å²) < 4.78 is 10.7. The van der Waals surface area contributed by atoms with Gasteiger partial charge in [0.05, 0.1) is 26.4 Å². The molecule has 0 radical (unpaired) electrons. The molecule has 1 heterocycles. The smallest absolute Gasteiger partial charge is 0.191 e. The Morgan fingerprint density at radius 1 is 1.14 bits per heavy atom. The van der Waals surface area contributed by atoms with E-state index in [4.69, 9.17) is 14.5 Å². The van der Waals surface area contributed by atoms with Crippen LogP contribution in [0, 0.1) is 0 Å². The van der Waals surface area contributed by atoms with Gasteiger partial charge in [-0.3, -0.25) is 9.89 Å². The normalized spacial score (nSPS) is 20.3. The predicted molar refractivity (Wildman–Crippen MR) is 132 cm³/mol. The average molecular weight is 526 g/mol. The number of hydrogen-bond donors (Lipinski definition) is 2. The third-order valence-corrected chi connectivity index (χ3v) is 6.03. The van der Waals surface area contributed by atoms with Crippen LogP contribution in [0.25, 0.3) is 0 Å². The van der Waals surface area contributed by atoms with Crippen LogP contribution >= 0.6 is 24.0 Å². The van der Waals surface area contributed by atoms with Gasteiger partial charge in [0.25, 0.3) is 0 Å². The van der Waals surface area contributed by atoms with Gasteiger partial charge >= 0.3 is 0 Å². The maximum Gasteiger partial charge on any atom is 0.191 e. The zero-order valence-electron chi connectivity index (χ0n) is 18.9. The first kappa shape index (κ1) is 26.9. The van der Waals surface area contributed by atoms with Crippen LogP contribution in [-0.4, -0.2) is 101 Å². The van der Waals surface area contributed by atoms with Crippen LogP contribution < -0.4 is 10.6 Å². The Hall–Kier alpha value is -0.160. The molecule has 0 aromatic carbocycles. The molecular formula is C21H44IN5O2. The van der Waals surface area contributed by atoms with Gasteiger partial charge in [0.2, 0.25) is 0 Å². The lowest BCUT2D eigenvalue weighted by Crippen LogP contribution is -2.56. The second kappa shape index (κ2) is 15.6. The van der Waals surface area contributed by atoms with Crippen LogP contribution in [0.15, 0.2) is 4.99 Å². The van der Waals surface area contributed by atoms with Crippen molar-refractivity contribution < 1.29 is 9.47 Å². The van der Waals surface area contributed by atoms with Gasteiger partial charge in [0.1, 0.15) is 0 Å². The monoisotopic (exact) mass is 525 g/mol. The van der Waals surface area contributed by atoms with Crippen molar-refractivity contribution in [3.8, 4) is 0 Å². The largest absolute Gasteiger partial charge is 0.383 e. The molecule has 0 amide bonds. The fourth-order valence-electron chi connectivity index (χ4n) is 4.30. The van der Waals surface area contributed by atoms with Gasteiger partial charge in [-0.1, -0.05) is 19.3 Å². The third-order valence-electron chi connectivity index (χ3n) is 6.03. The molecule has 29 heavy (non-hydrogen) atoms. The summed E-state index contributed by atoms with van der Waals surface area (Å²) in [6.45, 7) is 11.5. The lowest BCUT2D eigenvalue weighted by Gasteiger charge is -2.47. The fraction of sp³-hybridized carbons (Fsp3) is 0.952. The van der Waals surface area contributed by atoms with Gasteiger partial charge in [0.15, 0.2) is 5.96 Å². The second-order valence-corrected chi connectivity index (χ2v) is 8.16. The SMILES string of the molecule is CCNC(=NCC1(N2CCOCC2)CCCCC1)NCCCN(C)CCOC.I. The van der Waals surface area contributed by atoms with Crippen LogP contribution in [-0.2, 0) is 9.47 Å². The lowest BCUT2D eigenvalue weighted by atomic mass is 9.80. The molecule has 0 spiro atoms. The summed E-state index contributed by atoms with van der Waals surface area (Å²) in [6, 6.07) is 0. The Kier molecular flexibility index (Phi) is 14.5. The first-order valence-corrected chi connectivity index (χ1v) is 11.2. The molecule has 2 aliphatic rings. The van der Waals surface area contributed by atoms with Gasteiger partial charge in [0, 0.05) is 45.4 Å². The third kappa shape index (κ3) is 9.67. The van der Waals surface area contributed by atoms with E-state index in [1.807, 2.05) is 0 Å². The molecular weight excluding hydrogens is 481 g/mol. The number of nitrogens with zero attached hydrogens (tertiary/aromatic N) is 3. The molecule has 0 atom stereocenters. The molecule has 0 unspecified atom stereocenters. The van der Waals surface area contributed by atoms with Crippen molar-refractivity contribution >= 4 is 29.9 Å². The second-order valence-electron chi connectivity index (χ2n) is 8.16. The molecule has 8 heteroatoms. The lowest BCUT2D eigenvalue weighted by molar-refractivity contribution is -0.0333. The van der Waals surface area contributed by atoms with Crippen molar-refractivity contribution in [3.63, 3.8) is 0 Å². The first-order chi connectivity index (χ1) is 13.7. The van der Waals surface area contributed by atoms with Crippen molar-refractivity contribution in [1.29, 1.82) is 0 Å². The molecule has 2 N–H and O–H groups in total. The van der Waals surface area contributed by atoms with E-state index in [1.54, 1.807) is 7.11 Å². The molecule has 0 bridgehead atoms. The maximum absolute atomic E-state index is 5.59. The molecule has 172 valence electrons. The Bertz CT molecular complexity index is 441. The van der Waals surface area contributed by atoms with E-state index in [0.29, 0.717) is 0 Å². The minimum Gasteiger partial charge on any atom is -0.383 e. The Morgan fingerprint density at radius 2 is 1.86 bits per heavy atom. The van der Waals surface area contributed by atoms with Gasteiger partial charge in [-0.25, -0.2) is 0 Å². The van der Waals surface area contributed by atoms with E-state index in [0.717, 1.165) is 78.0 Å². The number of ether oxygens (including phenoxy) is 2. The fourth-order valence-corrected chi connectivity index (χ4v) is 4.30. The van der Waals surface area contributed by atoms with E-state index < -0.39 is 0 Å². The van der Waals surface area contributed by atoms with Crippen LogP contribution in [0.2, 0.25) is 0 Å². The van der Waals surface area contributed by atoms with Crippen molar-refractivity contribution in [2.75, 3.05) is 79.8 Å². The summed E-state index contributed by atoms with van der Waals surface area (Å²) in [7, 11) is 3.90. The molecule has 2 fully saturated rings. The summed E-state index contributed by atoms with van der Waals surface area (Å²) in [5, 5.41) is 6.96. The number of likely N-dealkylation sites (N-methyl/N-ethyl adjacent to an activating group) is 1. The van der Waals surface area contributed by atoms with Crippen LogP contribution in [0.1, 0.15) is 45.4 Å². The van der Waals surface area contributed by atoms with E-state index in [-0.39, 0.29) is 29.5 Å². The minimum atomic E-state index is 0. The molecule has 1 saturated carbocycles. The molecule has 0 aromatic rings. The van der Waals surface area contributed by atoms with E-state index in [9.17, 15) is 0 Å². The highest BCUT2D eigenvalue weighted by atomic mass is 127. The maximum atomic E-state index is 5.59. The molecule has 2 rings (SSSR count). The van der Waals surface area contributed by atoms with Crippen LogP contribution in [0.3, 0.4) is 0 Å². The number of aliphatic imine (C=N–C) groups is 1. The van der Waals surface area contributed by atoms with Crippen LogP contribution in [0.4, 0.5) is 0 Å². The molecule has 1 aliphatic carbocycles. The summed E-state index contributed by atoms with van der Waals surface area (Å²) in [4.78, 5) is 10.00. The number of nitrogens with one attached hydrogen (secondary N) is 2. The standard InChI is InChI=1S/C21H43N5O2.HI/c1-4-22-20(23-11-8-12-25(2)13-16-27-3)24-19-21(9-6-5-7-10-21)26-14-17-28-18-15-26;/h4-19H2,1-3H3,(H2,22,23,24);1H. The minimum absolute atomic E-state index is 0. The first-order valence-electron chi connectivity index (χ1n) is 11.2. The van der Waals surface area contributed by atoms with Gasteiger partial charge in [-0.15, -0.1) is 24.0 Å². The van der Waals surface area contributed by atoms with E-state index in [2.05, 4.69) is 34.4 Å². The number of hydrogen-bond acceptors (Lipinski definition) is 5. The Morgan fingerprint density at radius 3 is 2.52 bits per heavy atom. The predicted octanol–water partition coefficient (Wildman–Crippen LogP) is 2.16. The van der Waals surface area contributed by atoms with Gasteiger partial charge in [-0.2, -0.15) is 0 Å². The zero-order valence-corrected chi connectivity index (χ0v) is 21.2. The van der Waals surface area contributed by atoms with Crippen molar-refractivity contribution in [1.82, 2.24) is 20.4 Å². The Balaban J connectivity index is 0.00000420. The zero-order chi connectivity index (χ0) is 20.1. The number of guanidine groups is 1. The van der Waals surface area contributed by atoms with E-state index >= 15 is 0 Å². The number of morpholine rings is 1. The summed E-state index contributed by atoms with van der Waals surface area (Å²) in [5.41, 5.74) is 0.227. The summed E-state index contributed by atoms with van der Waals surface area (Å²) >= 11 is 0. The Labute approximate surface area is 195 Å². The molecule has 7 nitrogen and oxygen atoms in total. The number of methoxy groups -OCH3 is 1. The van der Waals surface area contributed by atoms with Gasteiger partial charge in [-0.05, 0) is 39.8 Å². The highest BCUT2D eigenvalue weighted by molar-refractivity contribution is 14.0. The quantitative estimate of drug-likeness (QED) is 0.187. The highest BCUT2D eigenvalue weighted by Gasteiger charge is 2.38. The molecule has 1 saturated heterocycles. The summed E-state index contributed by atoms with van der Waals surface area (Å²) in [5.74, 6) is 0.959. The highest BCUT2D eigenvalue weighted by Crippen LogP contribution is 2.34. The van der Waals surface area contributed by atoms with Crippen molar-refractivity contribution in [2.24, 2.45) is 4.99 Å². The molecule has 1 aliphatic heterocycles. The van der Waals surface area contributed by atoms with Crippen LogP contribution in [0.5, 0.6) is 0 Å². The average Bonchev–Trinajstić information content (AvgIpc) is 2.74. The summed E-state index contributed by atoms with van der Waals surface area (Å²) in [6.07, 6.45) is 7.64. The number of halogens is 1. The topological polar surface area (TPSA) is 61.4 Å².